The highest BCUT2D eigenvalue weighted by Gasteiger charge is 2.28. The molecule has 2 aromatic rings. The number of carbonyl (C=O) groups excluding carboxylic acids is 1. The summed E-state index contributed by atoms with van der Waals surface area (Å²) in [6, 6.07) is 10.4. The number of halogens is 1. The van der Waals surface area contributed by atoms with Gasteiger partial charge < -0.3 is 9.64 Å². The second-order valence-corrected chi connectivity index (χ2v) is 6.83. The number of non-ortho nitro benzene ring substituents is 2. The van der Waals surface area contributed by atoms with Gasteiger partial charge in [0.15, 0.2) is 0 Å². The first-order valence-corrected chi connectivity index (χ1v) is 8.74. The van der Waals surface area contributed by atoms with Crippen LogP contribution in [-0.2, 0) is 4.74 Å². The molecule has 10 heteroatoms. The first-order valence-electron chi connectivity index (χ1n) is 7.95. The van der Waals surface area contributed by atoms with Crippen LogP contribution in [0, 0.1) is 20.2 Å². The summed E-state index contributed by atoms with van der Waals surface area (Å²) in [7, 11) is 0. The number of morpholine rings is 1. The van der Waals surface area contributed by atoms with Gasteiger partial charge in [-0.05, 0) is 17.7 Å². The topological polar surface area (TPSA) is 116 Å². The van der Waals surface area contributed by atoms with Crippen LogP contribution in [0.2, 0.25) is 0 Å². The number of nitrogens with zero attached hydrogens (tertiary/aromatic N) is 3. The molecule has 0 saturated carbocycles. The Morgan fingerprint density at radius 2 is 1.67 bits per heavy atom. The van der Waals surface area contributed by atoms with Crippen LogP contribution in [0.3, 0.4) is 0 Å². The summed E-state index contributed by atoms with van der Waals surface area (Å²) in [5.41, 5.74) is -0.191. The zero-order valence-corrected chi connectivity index (χ0v) is 15.5. The van der Waals surface area contributed by atoms with Crippen LogP contribution < -0.4 is 0 Å². The fourth-order valence-corrected chi connectivity index (χ4v) is 3.09. The molecule has 1 atom stereocenters. The molecule has 2 aromatic carbocycles. The monoisotopic (exact) mass is 435 g/mol. The molecule has 1 aliphatic rings. The van der Waals surface area contributed by atoms with E-state index in [1.165, 1.54) is 4.90 Å². The molecule has 140 valence electrons. The van der Waals surface area contributed by atoms with Gasteiger partial charge in [0.05, 0.1) is 34.6 Å². The third-order valence-electron chi connectivity index (χ3n) is 4.17. The molecule has 1 unspecified atom stereocenters. The van der Waals surface area contributed by atoms with Crippen molar-refractivity contribution >= 4 is 33.2 Å². The van der Waals surface area contributed by atoms with Crippen LogP contribution in [0.4, 0.5) is 11.4 Å². The number of hydrogen-bond acceptors (Lipinski definition) is 6. The van der Waals surface area contributed by atoms with E-state index in [-0.39, 0.29) is 18.2 Å². The van der Waals surface area contributed by atoms with E-state index in [1.54, 1.807) is 0 Å². The third kappa shape index (κ3) is 4.29. The average molecular weight is 436 g/mol. The fraction of sp³-hybridized carbons (Fsp3) is 0.235. The van der Waals surface area contributed by atoms with E-state index in [1.807, 2.05) is 24.3 Å². The lowest BCUT2D eigenvalue weighted by Crippen LogP contribution is -2.42. The van der Waals surface area contributed by atoms with E-state index in [9.17, 15) is 25.0 Å². The van der Waals surface area contributed by atoms with Crippen LogP contribution in [0.5, 0.6) is 0 Å². The molecule has 0 radical (unpaired) electrons. The number of nitro groups is 2. The van der Waals surface area contributed by atoms with Gasteiger partial charge in [-0.15, -0.1) is 0 Å². The Morgan fingerprint density at radius 1 is 1.07 bits per heavy atom. The Kier molecular flexibility index (Phi) is 5.47. The van der Waals surface area contributed by atoms with Gasteiger partial charge >= 0.3 is 0 Å². The Hall–Kier alpha value is -2.85. The van der Waals surface area contributed by atoms with Crippen molar-refractivity contribution in [3.8, 4) is 0 Å². The summed E-state index contributed by atoms with van der Waals surface area (Å²) >= 11 is 3.36. The summed E-state index contributed by atoms with van der Waals surface area (Å²) in [6.45, 7) is 0.836. The molecule has 0 N–H and O–H groups in total. The standard InChI is InChI=1S/C17H14BrN3O6/c18-13-3-1-11(2-4-13)16-10-19(5-6-27-16)17(22)12-7-14(20(23)24)9-15(8-12)21(25)26/h1-4,7-9,16H,5-6,10H2. The molecule has 0 spiro atoms. The number of hydrogen-bond donors (Lipinski definition) is 0. The van der Waals surface area contributed by atoms with Gasteiger partial charge in [-0.1, -0.05) is 28.1 Å². The normalized spacial score (nSPS) is 16.8. The van der Waals surface area contributed by atoms with Crippen molar-refractivity contribution < 1.29 is 19.4 Å². The Labute approximate surface area is 162 Å². The smallest absolute Gasteiger partial charge is 0.277 e. The van der Waals surface area contributed by atoms with Crippen LogP contribution in [-0.4, -0.2) is 40.4 Å². The van der Waals surface area contributed by atoms with Gasteiger partial charge in [0.2, 0.25) is 0 Å². The van der Waals surface area contributed by atoms with Crippen LogP contribution in [0.1, 0.15) is 22.0 Å². The molecule has 1 heterocycles. The van der Waals surface area contributed by atoms with Crippen molar-refractivity contribution in [1.29, 1.82) is 0 Å². The van der Waals surface area contributed by atoms with E-state index < -0.39 is 27.1 Å². The molecule has 27 heavy (non-hydrogen) atoms. The lowest BCUT2D eigenvalue weighted by molar-refractivity contribution is -0.394. The summed E-state index contributed by atoms with van der Waals surface area (Å²) in [5.74, 6) is -0.507. The quantitative estimate of drug-likeness (QED) is 0.535. The van der Waals surface area contributed by atoms with Gasteiger partial charge in [-0.25, -0.2) is 0 Å². The number of ether oxygens (including phenoxy) is 1. The minimum atomic E-state index is -0.756. The highest BCUT2D eigenvalue weighted by atomic mass is 79.9. The van der Waals surface area contributed by atoms with Crippen molar-refractivity contribution in [3.05, 3.63) is 78.3 Å². The molecular weight excluding hydrogens is 422 g/mol. The Morgan fingerprint density at radius 3 is 2.22 bits per heavy atom. The summed E-state index contributed by atoms with van der Waals surface area (Å²) in [5, 5.41) is 22.1. The highest BCUT2D eigenvalue weighted by Crippen LogP contribution is 2.27. The van der Waals surface area contributed by atoms with E-state index in [2.05, 4.69) is 15.9 Å². The van der Waals surface area contributed by atoms with Crippen LogP contribution >= 0.6 is 15.9 Å². The lowest BCUT2D eigenvalue weighted by Gasteiger charge is -2.33. The number of benzene rings is 2. The number of rotatable bonds is 4. The van der Waals surface area contributed by atoms with Gasteiger partial charge in [-0.2, -0.15) is 0 Å². The summed E-state index contributed by atoms with van der Waals surface area (Å²) < 4.78 is 6.63. The van der Waals surface area contributed by atoms with Gasteiger partial charge in [0, 0.05) is 23.2 Å². The predicted octanol–water partition coefficient (Wildman–Crippen LogP) is 3.48. The fourth-order valence-electron chi connectivity index (χ4n) is 2.82. The van der Waals surface area contributed by atoms with Crippen LogP contribution in [0.25, 0.3) is 0 Å². The maximum atomic E-state index is 12.8. The summed E-state index contributed by atoms with van der Waals surface area (Å²) in [6.07, 6.45) is -0.343. The molecule has 0 bridgehead atoms. The molecular formula is C17H14BrN3O6. The van der Waals surface area contributed by atoms with Crippen molar-refractivity contribution in [3.63, 3.8) is 0 Å². The molecule has 1 amide bonds. The largest absolute Gasteiger partial charge is 0.370 e. The zero-order valence-electron chi connectivity index (χ0n) is 13.9. The number of carbonyl (C=O) groups is 1. The molecule has 1 saturated heterocycles. The van der Waals surface area contributed by atoms with Gasteiger partial charge in [0.1, 0.15) is 6.10 Å². The van der Waals surface area contributed by atoms with E-state index in [4.69, 9.17) is 4.74 Å². The number of amides is 1. The summed E-state index contributed by atoms with van der Waals surface area (Å²) in [4.78, 5) is 34.8. The predicted molar refractivity (Wildman–Crippen MR) is 98.5 cm³/mol. The molecule has 0 aliphatic carbocycles. The molecule has 3 rings (SSSR count). The molecule has 0 aromatic heterocycles. The first-order chi connectivity index (χ1) is 12.8. The van der Waals surface area contributed by atoms with E-state index >= 15 is 0 Å². The van der Waals surface area contributed by atoms with E-state index in [0.717, 1.165) is 28.2 Å². The Balaban J connectivity index is 1.85. The molecule has 1 fully saturated rings. The van der Waals surface area contributed by atoms with Gasteiger partial charge in [0.25, 0.3) is 17.3 Å². The van der Waals surface area contributed by atoms with Gasteiger partial charge in [-0.3, -0.25) is 25.0 Å². The number of nitro benzene ring substituents is 2. The Bertz CT molecular complexity index is 870. The average Bonchev–Trinajstić information content (AvgIpc) is 2.67. The SMILES string of the molecule is O=C(c1cc([N+](=O)[O-])cc([N+](=O)[O-])c1)N1CCOC(c2ccc(Br)cc2)C1. The second kappa shape index (κ2) is 7.80. The first kappa shape index (κ1) is 18.9. The van der Waals surface area contributed by atoms with Crippen molar-refractivity contribution in [1.82, 2.24) is 4.90 Å². The van der Waals surface area contributed by atoms with Crippen molar-refractivity contribution in [2.75, 3.05) is 19.7 Å². The van der Waals surface area contributed by atoms with Crippen LogP contribution in [0.15, 0.2) is 46.9 Å². The molecule has 9 nitrogen and oxygen atoms in total. The highest BCUT2D eigenvalue weighted by molar-refractivity contribution is 9.10. The lowest BCUT2D eigenvalue weighted by atomic mass is 10.1. The second-order valence-electron chi connectivity index (χ2n) is 5.91. The zero-order chi connectivity index (χ0) is 19.6. The minimum absolute atomic E-state index is 0.0904. The maximum absolute atomic E-state index is 12.8. The maximum Gasteiger partial charge on any atom is 0.277 e. The van der Waals surface area contributed by atoms with Crippen molar-refractivity contribution in [2.24, 2.45) is 0 Å². The van der Waals surface area contributed by atoms with Crippen molar-refractivity contribution in [2.45, 2.75) is 6.10 Å². The third-order valence-corrected chi connectivity index (χ3v) is 4.70. The minimum Gasteiger partial charge on any atom is -0.370 e. The van der Waals surface area contributed by atoms with E-state index in [0.29, 0.717) is 13.2 Å². The molecule has 1 aliphatic heterocycles.